The van der Waals surface area contributed by atoms with E-state index in [0.29, 0.717) is 13.0 Å². The van der Waals surface area contributed by atoms with Crippen molar-refractivity contribution in [2.45, 2.75) is 32.7 Å². The molecule has 16 heavy (non-hydrogen) atoms. The lowest BCUT2D eigenvalue weighted by Crippen LogP contribution is -2.32. The van der Waals surface area contributed by atoms with Gasteiger partial charge in [0.1, 0.15) is 4.60 Å². The second-order valence-corrected chi connectivity index (χ2v) is 5.20. The molecular formula is C10H16BrN3OS. The standard InChI is InChI=1S/C10H16BrN3OS/c1-3-7(2)13-9(15)4-5-12-10-14-8(11)6-16-10/h6-7H,3-5H2,1-2H3,(H,12,14)(H,13,15). The number of nitrogens with zero attached hydrogens (tertiary/aromatic N) is 1. The molecule has 0 aliphatic carbocycles. The zero-order valence-electron chi connectivity index (χ0n) is 9.42. The Morgan fingerprint density at radius 2 is 2.44 bits per heavy atom. The van der Waals surface area contributed by atoms with E-state index in [1.165, 1.54) is 11.3 Å². The van der Waals surface area contributed by atoms with Crippen LogP contribution in [0.2, 0.25) is 0 Å². The molecule has 0 saturated carbocycles. The van der Waals surface area contributed by atoms with Gasteiger partial charge in [-0.1, -0.05) is 6.92 Å². The van der Waals surface area contributed by atoms with E-state index in [-0.39, 0.29) is 11.9 Å². The van der Waals surface area contributed by atoms with Crippen LogP contribution >= 0.6 is 27.3 Å². The third-order valence-electron chi connectivity index (χ3n) is 2.12. The lowest BCUT2D eigenvalue weighted by molar-refractivity contribution is -0.121. The van der Waals surface area contributed by atoms with Gasteiger partial charge in [-0.2, -0.15) is 0 Å². The van der Waals surface area contributed by atoms with Crippen molar-refractivity contribution in [3.8, 4) is 0 Å². The molecule has 90 valence electrons. The van der Waals surface area contributed by atoms with Crippen molar-refractivity contribution in [3.63, 3.8) is 0 Å². The molecule has 6 heteroatoms. The second-order valence-electron chi connectivity index (χ2n) is 3.53. The summed E-state index contributed by atoms with van der Waals surface area (Å²) in [7, 11) is 0. The summed E-state index contributed by atoms with van der Waals surface area (Å²) in [5, 5.41) is 8.76. The Balaban J connectivity index is 2.18. The van der Waals surface area contributed by atoms with Gasteiger partial charge >= 0.3 is 0 Å². The minimum Gasteiger partial charge on any atom is -0.361 e. The maximum absolute atomic E-state index is 11.4. The molecule has 0 aromatic carbocycles. The predicted octanol–water partition coefficient (Wildman–Crippen LogP) is 2.62. The van der Waals surface area contributed by atoms with E-state index in [1.807, 2.05) is 12.3 Å². The summed E-state index contributed by atoms with van der Waals surface area (Å²) < 4.78 is 0.823. The van der Waals surface area contributed by atoms with Gasteiger partial charge in [-0.25, -0.2) is 4.98 Å². The predicted molar refractivity (Wildman–Crippen MR) is 70.8 cm³/mol. The van der Waals surface area contributed by atoms with E-state index >= 15 is 0 Å². The van der Waals surface area contributed by atoms with Crippen LogP contribution in [-0.4, -0.2) is 23.5 Å². The van der Waals surface area contributed by atoms with Gasteiger partial charge in [0.15, 0.2) is 5.13 Å². The summed E-state index contributed by atoms with van der Waals surface area (Å²) in [6.07, 6.45) is 1.43. The van der Waals surface area contributed by atoms with E-state index in [1.54, 1.807) is 0 Å². The number of hydrogen-bond donors (Lipinski definition) is 2. The van der Waals surface area contributed by atoms with Crippen LogP contribution in [0.4, 0.5) is 5.13 Å². The molecule has 0 aliphatic heterocycles. The third-order valence-corrected chi connectivity index (χ3v) is 3.63. The van der Waals surface area contributed by atoms with Crippen molar-refractivity contribution in [1.29, 1.82) is 0 Å². The third kappa shape index (κ3) is 4.94. The highest BCUT2D eigenvalue weighted by molar-refractivity contribution is 9.10. The number of halogens is 1. The fourth-order valence-electron chi connectivity index (χ4n) is 1.07. The van der Waals surface area contributed by atoms with E-state index in [0.717, 1.165) is 16.2 Å². The van der Waals surface area contributed by atoms with Gasteiger partial charge < -0.3 is 10.6 Å². The monoisotopic (exact) mass is 305 g/mol. The lowest BCUT2D eigenvalue weighted by atomic mass is 10.2. The van der Waals surface area contributed by atoms with Gasteiger partial charge in [0, 0.05) is 24.4 Å². The fraction of sp³-hybridized carbons (Fsp3) is 0.600. The Bertz CT molecular complexity index is 343. The van der Waals surface area contributed by atoms with Crippen molar-refractivity contribution in [3.05, 3.63) is 9.98 Å². The molecule has 1 aromatic heterocycles. The van der Waals surface area contributed by atoms with Gasteiger partial charge in [-0.15, -0.1) is 11.3 Å². The van der Waals surface area contributed by atoms with E-state index in [9.17, 15) is 4.79 Å². The first-order chi connectivity index (χ1) is 7.61. The topological polar surface area (TPSA) is 54.0 Å². The molecular weight excluding hydrogens is 290 g/mol. The molecule has 2 N–H and O–H groups in total. The Kier molecular flexibility index (Phi) is 5.76. The molecule has 4 nitrogen and oxygen atoms in total. The van der Waals surface area contributed by atoms with E-state index in [2.05, 4.69) is 38.5 Å². The number of rotatable bonds is 6. The highest BCUT2D eigenvalue weighted by Gasteiger charge is 2.05. The molecule has 1 rings (SSSR count). The normalized spacial score (nSPS) is 12.2. The summed E-state index contributed by atoms with van der Waals surface area (Å²) in [5.41, 5.74) is 0. The Labute approximate surface area is 108 Å². The number of anilines is 1. The molecule has 0 radical (unpaired) electrons. The highest BCUT2D eigenvalue weighted by atomic mass is 79.9. The summed E-state index contributed by atoms with van der Waals surface area (Å²) in [6, 6.07) is 0.251. The van der Waals surface area contributed by atoms with Crippen LogP contribution in [0.15, 0.2) is 9.98 Å². The lowest BCUT2D eigenvalue weighted by Gasteiger charge is -2.11. The van der Waals surface area contributed by atoms with E-state index in [4.69, 9.17) is 0 Å². The van der Waals surface area contributed by atoms with E-state index < -0.39 is 0 Å². The minimum absolute atomic E-state index is 0.0810. The number of carbonyl (C=O) groups excluding carboxylic acids is 1. The molecule has 1 atom stereocenters. The van der Waals surface area contributed by atoms with Crippen molar-refractivity contribution in [2.24, 2.45) is 0 Å². The van der Waals surface area contributed by atoms with Crippen LogP contribution in [0.25, 0.3) is 0 Å². The fourth-order valence-corrected chi connectivity index (χ4v) is 2.24. The van der Waals surface area contributed by atoms with Crippen LogP contribution in [0.3, 0.4) is 0 Å². The molecule has 0 spiro atoms. The zero-order chi connectivity index (χ0) is 12.0. The number of nitrogens with one attached hydrogen (secondary N) is 2. The Morgan fingerprint density at radius 1 is 1.69 bits per heavy atom. The van der Waals surface area contributed by atoms with Crippen molar-refractivity contribution < 1.29 is 4.79 Å². The van der Waals surface area contributed by atoms with Gasteiger partial charge in [-0.3, -0.25) is 4.79 Å². The van der Waals surface area contributed by atoms with Crippen molar-refractivity contribution in [2.75, 3.05) is 11.9 Å². The number of aromatic nitrogens is 1. The average Bonchev–Trinajstić information content (AvgIpc) is 2.64. The first kappa shape index (κ1) is 13.4. The van der Waals surface area contributed by atoms with Crippen LogP contribution in [0.5, 0.6) is 0 Å². The molecule has 1 amide bonds. The smallest absolute Gasteiger partial charge is 0.221 e. The van der Waals surface area contributed by atoms with Gasteiger partial charge in [0.05, 0.1) is 0 Å². The number of carbonyl (C=O) groups is 1. The first-order valence-corrected chi connectivity index (χ1v) is 6.93. The SMILES string of the molecule is CCC(C)NC(=O)CCNc1nc(Br)cs1. The minimum atomic E-state index is 0.0810. The summed E-state index contributed by atoms with van der Waals surface area (Å²) in [4.78, 5) is 15.6. The Morgan fingerprint density at radius 3 is 3.00 bits per heavy atom. The highest BCUT2D eigenvalue weighted by Crippen LogP contribution is 2.18. The second kappa shape index (κ2) is 6.85. The van der Waals surface area contributed by atoms with Crippen molar-refractivity contribution in [1.82, 2.24) is 10.3 Å². The van der Waals surface area contributed by atoms with Crippen LogP contribution in [0.1, 0.15) is 26.7 Å². The molecule has 0 bridgehead atoms. The van der Waals surface area contributed by atoms with Crippen LogP contribution < -0.4 is 10.6 Å². The first-order valence-electron chi connectivity index (χ1n) is 5.26. The van der Waals surface area contributed by atoms with Crippen LogP contribution in [-0.2, 0) is 4.79 Å². The number of thiazole rings is 1. The van der Waals surface area contributed by atoms with Gasteiger partial charge in [-0.05, 0) is 29.3 Å². The Hall–Kier alpha value is -0.620. The molecule has 1 unspecified atom stereocenters. The van der Waals surface area contributed by atoms with Gasteiger partial charge in [0.25, 0.3) is 0 Å². The number of amides is 1. The van der Waals surface area contributed by atoms with Gasteiger partial charge in [0.2, 0.25) is 5.91 Å². The van der Waals surface area contributed by atoms with Crippen LogP contribution in [0, 0.1) is 0 Å². The number of hydrogen-bond acceptors (Lipinski definition) is 4. The summed E-state index contributed by atoms with van der Waals surface area (Å²) in [5.74, 6) is 0.0810. The summed E-state index contributed by atoms with van der Waals surface area (Å²) >= 11 is 4.79. The molecule has 1 heterocycles. The van der Waals surface area contributed by atoms with Crippen molar-refractivity contribution >= 4 is 38.3 Å². The zero-order valence-corrected chi connectivity index (χ0v) is 11.8. The largest absolute Gasteiger partial charge is 0.361 e. The average molecular weight is 306 g/mol. The molecule has 0 aliphatic rings. The quantitative estimate of drug-likeness (QED) is 0.849. The molecule has 0 saturated heterocycles. The maximum Gasteiger partial charge on any atom is 0.221 e. The molecule has 0 fully saturated rings. The summed E-state index contributed by atoms with van der Waals surface area (Å²) in [6.45, 7) is 4.67. The maximum atomic E-state index is 11.4. The molecule has 1 aromatic rings.